The summed E-state index contributed by atoms with van der Waals surface area (Å²) in [4.78, 5) is 28.0. The van der Waals surface area contributed by atoms with E-state index in [1.54, 1.807) is 7.05 Å². The van der Waals surface area contributed by atoms with E-state index in [0.29, 0.717) is 11.1 Å². The van der Waals surface area contributed by atoms with Crippen LogP contribution < -0.4 is 0 Å². The van der Waals surface area contributed by atoms with Crippen LogP contribution >= 0.6 is 15.9 Å². The van der Waals surface area contributed by atoms with E-state index in [0.717, 1.165) is 61.2 Å². The van der Waals surface area contributed by atoms with Gasteiger partial charge in [-0.15, -0.1) is 0 Å². The van der Waals surface area contributed by atoms with Crippen molar-refractivity contribution in [3.8, 4) is 0 Å². The number of hydrogen-bond donors (Lipinski definition) is 0. The van der Waals surface area contributed by atoms with E-state index in [9.17, 15) is 9.59 Å². The molecule has 0 saturated heterocycles. The molecular formula is C25H16BrN3O2. The second kappa shape index (κ2) is 5.65. The standard InChI is InChI=1S/C25H16BrN3O2/c1-27-24(30)20-18-14-6-2-3-7-16(14)28-10-4-5-11-29-17-9-8-13(26)12-15(17)19(21(20)25(27)31)23(29)22(18)28/h2-9,12H,10-11H2,1H3/b5-4-. The molecule has 0 bridgehead atoms. The lowest BCUT2D eigenvalue weighted by molar-refractivity contribution is 0.0694. The van der Waals surface area contributed by atoms with Gasteiger partial charge in [0.05, 0.1) is 22.2 Å². The summed E-state index contributed by atoms with van der Waals surface area (Å²) in [5, 5.41) is 3.77. The highest BCUT2D eigenvalue weighted by atomic mass is 79.9. The minimum atomic E-state index is -0.227. The van der Waals surface area contributed by atoms with Gasteiger partial charge < -0.3 is 9.13 Å². The minimum absolute atomic E-state index is 0.224. The first-order valence-electron chi connectivity index (χ1n) is 10.2. The first-order valence-corrected chi connectivity index (χ1v) is 11.0. The van der Waals surface area contributed by atoms with Crippen LogP contribution in [0.25, 0.3) is 43.6 Å². The Labute approximate surface area is 185 Å². The molecule has 2 aromatic heterocycles. The number of carbonyl (C=O) groups is 2. The van der Waals surface area contributed by atoms with Gasteiger partial charge in [-0.25, -0.2) is 0 Å². The maximum atomic E-state index is 13.4. The molecule has 0 fully saturated rings. The molecule has 0 saturated carbocycles. The highest BCUT2D eigenvalue weighted by Gasteiger charge is 2.40. The van der Waals surface area contributed by atoms with Gasteiger partial charge in [-0.05, 0) is 24.3 Å². The molecule has 5 aromatic rings. The topological polar surface area (TPSA) is 47.2 Å². The molecule has 0 aliphatic carbocycles. The van der Waals surface area contributed by atoms with Crippen molar-refractivity contribution in [2.24, 2.45) is 0 Å². The first-order chi connectivity index (χ1) is 15.1. The molecular weight excluding hydrogens is 454 g/mol. The molecule has 2 amide bonds. The largest absolute Gasteiger partial charge is 0.335 e. The van der Waals surface area contributed by atoms with Crippen molar-refractivity contribution < 1.29 is 9.59 Å². The fraction of sp³-hybridized carbons (Fsp3) is 0.120. The Balaban J connectivity index is 1.92. The molecule has 0 radical (unpaired) electrons. The van der Waals surface area contributed by atoms with E-state index in [4.69, 9.17) is 0 Å². The second-order valence-electron chi connectivity index (χ2n) is 8.24. The van der Waals surface area contributed by atoms with Crippen molar-refractivity contribution >= 4 is 71.4 Å². The summed E-state index contributed by atoms with van der Waals surface area (Å²) in [6.45, 7) is 1.44. The number of nitrogens with zero attached hydrogens (tertiary/aromatic N) is 3. The number of amides is 2. The fourth-order valence-corrected chi connectivity index (χ4v) is 5.83. The Morgan fingerprint density at radius 1 is 0.774 bits per heavy atom. The summed E-state index contributed by atoms with van der Waals surface area (Å²) >= 11 is 3.60. The van der Waals surface area contributed by atoms with Crippen LogP contribution in [0.15, 0.2) is 59.1 Å². The highest BCUT2D eigenvalue weighted by molar-refractivity contribution is 9.10. The summed E-state index contributed by atoms with van der Waals surface area (Å²) in [6, 6.07) is 14.3. The molecule has 2 aliphatic rings. The Hall–Kier alpha value is -3.38. The molecule has 2 aliphatic heterocycles. The van der Waals surface area contributed by atoms with Gasteiger partial charge in [0.15, 0.2) is 0 Å². The zero-order chi connectivity index (χ0) is 21.0. The summed E-state index contributed by atoms with van der Waals surface area (Å²) in [5.74, 6) is -0.450. The number of rotatable bonds is 0. The van der Waals surface area contributed by atoms with Gasteiger partial charge in [-0.2, -0.15) is 0 Å². The zero-order valence-corrected chi connectivity index (χ0v) is 18.2. The minimum Gasteiger partial charge on any atom is -0.335 e. The van der Waals surface area contributed by atoms with Crippen molar-refractivity contribution in [1.82, 2.24) is 14.0 Å². The van der Waals surface area contributed by atoms with E-state index >= 15 is 0 Å². The lowest BCUT2D eigenvalue weighted by Gasteiger charge is -2.13. The van der Waals surface area contributed by atoms with Gasteiger partial charge in [-0.3, -0.25) is 14.5 Å². The quantitative estimate of drug-likeness (QED) is 0.223. The maximum Gasteiger partial charge on any atom is 0.262 e. The SMILES string of the molecule is CN1C(=O)c2c(c3c4cc(Br)ccc4n4c3c3c2c2ccccc2n3C/C=C\C4)C1=O. The number of imide groups is 1. The zero-order valence-electron chi connectivity index (χ0n) is 16.6. The molecule has 0 atom stereocenters. The number of hydrogen-bond acceptors (Lipinski definition) is 2. The van der Waals surface area contributed by atoms with Crippen molar-refractivity contribution in [3.05, 3.63) is 70.2 Å². The van der Waals surface area contributed by atoms with Crippen LogP contribution in [0, 0.1) is 0 Å². The Morgan fingerprint density at radius 2 is 1.35 bits per heavy atom. The van der Waals surface area contributed by atoms with E-state index in [1.165, 1.54) is 4.90 Å². The van der Waals surface area contributed by atoms with Crippen LogP contribution in [-0.2, 0) is 13.1 Å². The second-order valence-corrected chi connectivity index (χ2v) is 9.15. The van der Waals surface area contributed by atoms with Crippen molar-refractivity contribution in [2.45, 2.75) is 13.1 Å². The first kappa shape index (κ1) is 17.3. The highest BCUT2D eigenvalue weighted by Crippen LogP contribution is 2.46. The Bertz CT molecular complexity index is 1700. The van der Waals surface area contributed by atoms with E-state index in [2.05, 4.69) is 61.5 Å². The number of fused-ring (bicyclic) bond motifs is 9. The summed E-state index contributed by atoms with van der Waals surface area (Å²) in [7, 11) is 1.58. The summed E-state index contributed by atoms with van der Waals surface area (Å²) in [5.41, 5.74) is 5.26. The van der Waals surface area contributed by atoms with Gasteiger partial charge in [0.2, 0.25) is 0 Å². The summed E-state index contributed by atoms with van der Waals surface area (Å²) in [6.07, 6.45) is 4.36. The van der Waals surface area contributed by atoms with E-state index in [-0.39, 0.29) is 11.8 Å². The predicted octanol–water partition coefficient (Wildman–Crippen LogP) is 5.46. The van der Waals surface area contributed by atoms with Crippen LogP contribution in [0.1, 0.15) is 20.7 Å². The average Bonchev–Trinajstić information content (AvgIpc) is 3.32. The number of benzene rings is 3. The third-order valence-electron chi connectivity index (χ3n) is 6.75. The molecule has 6 heteroatoms. The Kier molecular flexibility index (Phi) is 3.15. The van der Waals surface area contributed by atoms with Gasteiger partial charge in [0.25, 0.3) is 11.8 Å². The third-order valence-corrected chi connectivity index (χ3v) is 7.24. The molecule has 31 heavy (non-hydrogen) atoms. The number of para-hydroxylation sites is 1. The number of aromatic nitrogens is 2. The molecule has 3 aromatic carbocycles. The van der Waals surface area contributed by atoms with Crippen LogP contribution in [0.5, 0.6) is 0 Å². The predicted molar refractivity (Wildman–Crippen MR) is 126 cm³/mol. The van der Waals surface area contributed by atoms with Gasteiger partial charge in [0.1, 0.15) is 0 Å². The molecule has 150 valence electrons. The molecule has 4 heterocycles. The molecule has 0 N–H and O–H groups in total. The van der Waals surface area contributed by atoms with Crippen molar-refractivity contribution in [2.75, 3.05) is 7.05 Å². The third kappa shape index (κ3) is 1.92. The summed E-state index contributed by atoms with van der Waals surface area (Å²) < 4.78 is 5.51. The molecule has 0 unspecified atom stereocenters. The van der Waals surface area contributed by atoms with Gasteiger partial charge >= 0.3 is 0 Å². The molecule has 5 nitrogen and oxygen atoms in total. The normalized spacial score (nSPS) is 16.8. The van der Waals surface area contributed by atoms with Crippen LogP contribution in [-0.4, -0.2) is 32.9 Å². The number of halogens is 1. The average molecular weight is 470 g/mol. The van der Waals surface area contributed by atoms with E-state index in [1.807, 2.05) is 18.2 Å². The molecule has 7 rings (SSSR count). The van der Waals surface area contributed by atoms with Crippen molar-refractivity contribution in [3.63, 3.8) is 0 Å². The number of carbonyl (C=O) groups excluding carboxylic acids is 2. The lowest BCUT2D eigenvalue weighted by atomic mass is 9.96. The van der Waals surface area contributed by atoms with E-state index < -0.39 is 0 Å². The van der Waals surface area contributed by atoms with Crippen LogP contribution in [0.4, 0.5) is 0 Å². The van der Waals surface area contributed by atoms with Gasteiger partial charge in [-0.1, -0.05) is 46.3 Å². The smallest absolute Gasteiger partial charge is 0.262 e. The maximum absolute atomic E-state index is 13.4. The number of allylic oxidation sites excluding steroid dienone is 2. The molecule has 0 spiro atoms. The van der Waals surface area contributed by atoms with Crippen LogP contribution in [0.2, 0.25) is 0 Å². The van der Waals surface area contributed by atoms with Crippen molar-refractivity contribution in [1.29, 1.82) is 0 Å². The monoisotopic (exact) mass is 469 g/mol. The lowest BCUT2D eigenvalue weighted by Crippen LogP contribution is -2.24. The Morgan fingerprint density at radius 3 is 2.03 bits per heavy atom. The van der Waals surface area contributed by atoms with Crippen LogP contribution in [0.3, 0.4) is 0 Å². The fourth-order valence-electron chi connectivity index (χ4n) is 5.47. The van der Waals surface area contributed by atoms with Gasteiger partial charge in [0, 0.05) is 57.2 Å².